The van der Waals surface area contributed by atoms with Crippen LogP contribution in [0.1, 0.15) is 10.4 Å². The fraction of sp³-hybridized carbons (Fsp3) is 0.174. The molecule has 0 aliphatic carbocycles. The second kappa shape index (κ2) is 9.80. The molecule has 0 bridgehead atoms. The van der Waals surface area contributed by atoms with Crippen molar-refractivity contribution in [2.24, 2.45) is 0 Å². The van der Waals surface area contributed by atoms with Crippen LogP contribution in [0.25, 0.3) is 17.3 Å². The first kappa shape index (κ1) is 21.1. The summed E-state index contributed by atoms with van der Waals surface area (Å²) >= 11 is 0. The molecule has 0 radical (unpaired) electrons. The van der Waals surface area contributed by atoms with E-state index in [1.807, 2.05) is 12.1 Å². The van der Waals surface area contributed by atoms with E-state index in [1.54, 1.807) is 73.7 Å². The Morgan fingerprint density at radius 3 is 2.47 bits per heavy atom. The van der Waals surface area contributed by atoms with Crippen molar-refractivity contribution in [2.75, 3.05) is 32.8 Å². The van der Waals surface area contributed by atoms with Crippen molar-refractivity contribution in [3.8, 4) is 29.0 Å². The first-order chi connectivity index (χ1) is 15.7. The number of amides is 1. The van der Waals surface area contributed by atoms with Gasteiger partial charge in [0.2, 0.25) is 5.82 Å². The Kier molecular flexibility index (Phi) is 6.47. The van der Waals surface area contributed by atoms with E-state index in [0.717, 1.165) is 5.69 Å². The topological polar surface area (TPSA) is 101 Å². The lowest BCUT2D eigenvalue weighted by Gasteiger charge is -2.08. The van der Waals surface area contributed by atoms with Gasteiger partial charge >= 0.3 is 6.01 Å². The zero-order valence-corrected chi connectivity index (χ0v) is 17.6. The summed E-state index contributed by atoms with van der Waals surface area (Å²) < 4.78 is 22.8. The first-order valence-corrected chi connectivity index (χ1v) is 9.86. The maximum Gasteiger partial charge on any atom is 0.336 e. The van der Waals surface area contributed by atoms with Crippen LogP contribution < -0.4 is 14.8 Å². The number of hydrogen-bond donors (Lipinski definition) is 1. The summed E-state index contributed by atoms with van der Waals surface area (Å²) in [7, 11) is 3.18. The molecule has 2 heterocycles. The van der Waals surface area contributed by atoms with Gasteiger partial charge in [0.1, 0.15) is 12.4 Å². The maximum atomic E-state index is 12.5. The van der Waals surface area contributed by atoms with Gasteiger partial charge in [0.15, 0.2) is 5.76 Å². The van der Waals surface area contributed by atoms with Crippen molar-refractivity contribution < 1.29 is 23.4 Å². The number of nitrogens with one attached hydrogen (secondary N) is 1. The molecule has 9 nitrogen and oxygen atoms in total. The summed E-state index contributed by atoms with van der Waals surface area (Å²) in [6.07, 6.45) is 1.57. The van der Waals surface area contributed by atoms with Crippen molar-refractivity contribution in [3.05, 3.63) is 72.5 Å². The molecule has 0 atom stereocenters. The molecule has 1 amide bonds. The largest absolute Gasteiger partial charge is 0.497 e. The van der Waals surface area contributed by atoms with Gasteiger partial charge in [0.25, 0.3) is 5.91 Å². The average Bonchev–Trinajstić information content (AvgIpc) is 3.50. The highest BCUT2D eigenvalue weighted by Gasteiger charge is 2.17. The zero-order valence-electron chi connectivity index (χ0n) is 17.6. The minimum absolute atomic E-state index is 0.213. The van der Waals surface area contributed by atoms with E-state index in [9.17, 15) is 4.79 Å². The van der Waals surface area contributed by atoms with Gasteiger partial charge in [-0.2, -0.15) is 4.98 Å². The summed E-state index contributed by atoms with van der Waals surface area (Å²) in [5.74, 6) is 1.52. The monoisotopic (exact) mass is 434 g/mol. The highest BCUT2D eigenvalue weighted by Crippen LogP contribution is 2.25. The Hall–Kier alpha value is -4.11. The lowest BCUT2D eigenvalue weighted by Crippen LogP contribution is -2.11. The van der Waals surface area contributed by atoms with Gasteiger partial charge < -0.3 is 23.9 Å². The number of aromatic nitrogens is 3. The number of rotatable bonds is 9. The van der Waals surface area contributed by atoms with Crippen LogP contribution in [0.4, 0.5) is 5.69 Å². The van der Waals surface area contributed by atoms with Crippen LogP contribution in [0.2, 0.25) is 0 Å². The third-order valence-corrected chi connectivity index (χ3v) is 4.57. The molecule has 0 fully saturated rings. The Morgan fingerprint density at radius 2 is 1.81 bits per heavy atom. The van der Waals surface area contributed by atoms with Crippen molar-refractivity contribution >= 4 is 11.6 Å². The summed E-state index contributed by atoms with van der Waals surface area (Å²) in [6, 6.07) is 17.9. The highest BCUT2D eigenvalue weighted by molar-refractivity contribution is 6.04. The van der Waals surface area contributed by atoms with E-state index in [4.69, 9.17) is 18.6 Å². The molecule has 164 valence electrons. The van der Waals surface area contributed by atoms with Crippen LogP contribution in [0.15, 0.2) is 71.3 Å². The number of hydrogen-bond acceptors (Lipinski definition) is 7. The number of anilines is 1. The van der Waals surface area contributed by atoms with Crippen LogP contribution in [0, 0.1) is 0 Å². The van der Waals surface area contributed by atoms with Gasteiger partial charge in [-0.15, -0.1) is 5.10 Å². The molecule has 2 aromatic carbocycles. The predicted octanol–water partition coefficient (Wildman–Crippen LogP) is 3.81. The molecule has 9 heteroatoms. The summed E-state index contributed by atoms with van der Waals surface area (Å²) in [5.41, 5.74) is 1.91. The number of methoxy groups -OCH3 is 2. The molecule has 4 rings (SSSR count). The third-order valence-electron chi connectivity index (χ3n) is 4.57. The van der Waals surface area contributed by atoms with Gasteiger partial charge in [0, 0.05) is 18.4 Å². The SMILES string of the molecule is COCCOc1nc(-c2ccco2)n(-c2ccc(NC(=O)c3ccc(OC)cc3)cc2)n1. The summed E-state index contributed by atoms with van der Waals surface area (Å²) in [6.45, 7) is 0.752. The van der Waals surface area contributed by atoms with Crippen LogP contribution in [-0.2, 0) is 4.74 Å². The molecule has 1 N–H and O–H groups in total. The number of carbonyl (C=O) groups is 1. The van der Waals surface area contributed by atoms with E-state index >= 15 is 0 Å². The van der Waals surface area contributed by atoms with Crippen molar-refractivity contribution in [1.29, 1.82) is 0 Å². The van der Waals surface area contributed by atoms with Crippen LogP contribution >= 0.6 is 0 Å². The molecule has 0 saturated heterocycles. The Morgan fingerprint density at radius 1 is 1.03 bits per heavy atom. The molecule has 0 aliphatic rings. The van der Waals surface area contributed by atoms with E-state index in [2.05, 4.69) is 15.4 Å². The molecule has 4 aromatic rings. The van der Waals surface area contributed by atoms with E-state index in [-0.39, 0.29) is 11.9 Å². The molecule has 0 spiro atoms. The van der Waals surface area contributed by atoms with Crippen molar-refractivity contribution in [2.45, 2.75) is 0 Å². The molecular formula is C23H22N4O5. The fourth-order valence-corrected chi connectivity index (χ4v) is 2.95. The molecular weight excluding hydrogens is 412 g/mol. The van der Waals surface area contributed by atoms with Crippen molar-refractivity contribution in [1.82, 2.24) is 14.8 Å². The quantitative estimate of drug-likeness (QED) is 0.400. The van der Waals surface area contributed by atoms with Gasteiger partial charge in [-0.3, -0.25) is 4.79 Å². The highest BCUT2D eigenvalue weighted by atomic mass is 16.5. The minimum Gasteiger partial charge on any atom is -0.497 e. The van der Waals surface area contributed by atoms with Crippen LogP contribution in [0.5, 0.6) is 11.8 Å². The molecule has 0 aliphatic heterocycles. The van der Waals surface area contributed by atoms with E-state index in [0.29, 0.717) is 41.8 Å². The lowest BCUT2D eigenvalue weighted by molar-refractivity contribution is 0.102. The van der Waals surface area contributed by atoms with E-state index in [1.165, 1.54) is 0 Å². The molecule has 0 unspecified atom stereocenters. The number of ether oxygens (including phenoxy) is 3. The second-order valence-corrected chi connectivity index (χ2v) is 6.68. The number of furan rings is 1. The Balaban J connectivity index is 1.53. The molecule has 2 aromatic heterocycles. The molecule has 0 saturated carbocycles. The van der Waals surface area contributed by atoms with Crippen LogP contribution in [-0.4, -0.2) is 48.1 Å². The lowest BCUT2D eigenvalue weighted by atomic mass is 10.2. The zero-order chi connectivity index (χ0) is 22.3. The predicted molar refractivity (Wildman–Crippen MR) is 117 cm³/mol. The maximum absolute atomic E-state index is 12.5. The van der Waals surface area contributed by atoms with E-state index < -0.39 is 0 Å². The number of benzene rings is 2. The third kappa shape index (κ3) is 4.79. The first-order valence-electron chi connectivity index (χ1n) is 9.86. The number of nitrogens with zero attached hydrogens (tertiary/aromatic N) is 3. The summed E-state index contributed by atoms with van der Waals surface area (Å²) in [5, 5.41) is 7.31. The van der Waals surface area contributed by atoms with Gasteiger partial charge in [-0.05, 0) is 60.7 Å². The van der Waals surface area contributed by atoms with Crippen molar-refractivity contribution in [3.63, 3.8) is 0 Å². The van der Waals surface area contributed by atoms with Gasteiger partial charge in [-0.25, -0.2) is 4.68 Å². The standard InChI is InChI=1S/C23H22N4O5/c1-29-14-15-32-23-25-21(20-4-3-13-31-20)27(26-23)18-9-7-17(8-10-18)24-22(28)16-5-11-19(30-2)12-6-16/h3-13H,14-15H2,1-2H3,(H,24,28). The normalized spacial score (nSPS) is 10.7. The Bertz CT molecular complexity index is 1150. The molecule has 32 heavy (non-hydrogen) atoms. The van der Waals surface area contributed by atoms with Gasteiger partial charge in [0.05, 0.1) is 25.7 Å². The van der Waals surface area contributed by atoms with Crippen LogP contribution in [0.3, 0.4) is 0 Å². The minimum atomic E-state index is -0.216. The second-order valence-electron chi connectivity index (χ2n) is 6.68. The smallest absolute Gasteiger partial charge is 0.336 e. The van der Waals surface area contributed by atoms with Gasteiger partial charge in [-0.1, -0.05) is 0 Å². The summed E-state index contributed by atoms with van der Waals surface area (Å²) in [4.78, 5) is 16.9. The number of carbonyl (C=O) groups excluding carboxylic acids is 1. The Labute approximate surface area is 184 Å². The average molecular weight is 434 g/mol. The fourth-order valence-electron chi connectivity index (χ4n) is 2.95.